The Kier molecular flexibility index (Phi) is 4.37. The van der Waals surface area contributed by atoms with Gasteiger partial charge in [0.25, 0.3) is 5.91 Å². The van der Waals surface area contributed by atoms with Crippen LogP contribution in [0.5, 0.6) is 0 Å². The molecule has 0 saturated carbocycles. The molecule has 5 heteroatoms. The third-order valence-corrected chi connectivity index (χ3v) is 3.03. The Labute approximate surface area is 114 Å². The minimum Gasteiger partial charge on any atom is -0.372 e. The number of anilines is 1. The van der Waals surface area contributed by atoms with Crippen molar-refractivity contribution in [2.45, 2.75) is 33.0 Å². The number of pyridine rings is 1. The average Bonchev–Trinajstić information content (AvgIpc) is 2.37. The maximum Gasteiger partial charge on any atom is 0.272 e. The van der Waals surface area contributed by atoms with Gasteiger partial charge in [-0.05, 0) is 32.9 Å². The van der Waals surface area contributed by atoms with E-state index in [1.807, 2.05) is 37.8 Å². The van der Waals surface area contributed by atoms with Gasteiger partial charge in [0.2, 0.25) is 0 Å². The SMILES string of the molecule is CCNc1cccc(C(=O)N2CC(C)OC(C)C2)n1. The van der Waals surface area contributed by atoms with Crippen molar-refractivity contribution < 1.29 is 9.53 Å². The van der Waals surface area contributed by atoms with Crippen LogP contribution in [0, 0.1) is 0 Å². The van der Waals surface area contributed by atoms with E-state index >= 15 is 0 Å². The molecule has 0 radical (unpaired) electrons. The Morgan fingerprint density at radius 3 is 2.74 bits per heavy atom. The molecule has 1 N–H and O–H groups in total. The lowest BCUT2D eigenvalue weighted by Crippen LogP contribution is -2.48. The second-order valence-electron chi connectivity index (χ2n) is 4.91. The number of hydrogen-bond acceptors (Lipinski definition) is 4. The molecule has 0 spiro atoms. The average molecular weight is 263 g/mol. The van der Waals surface area contributed by atoms with Gasteiger partial charge in [-0.1, -0.05) is 6.07 Å². The number of ether oxygens (including phenoxy) is 1. The van der Waals surface area contributed by atoms with Gasteiger partial charge < -0.3 is 15.0 Å². The van der Waals surface area contributed by atoms with Crippen molar-refractivity contribution in [1.29, 1.82) is 0 Å². The van der Waals surface area contributed by atoms with Crippen molar-refractivity contribution in [3.63, 3.8) is 0 Å². The first-order valence-electron chi connectivity index (χ1n) is 6.75. The number of carbonyl (C=O) groups is 1. The first-order valence-corrected chi connectivity index (χ1v) is 6.75. The zero-order valence-electron chi connectivity index (χ0n) is 11.7. The summed E-state index contributed by atoms with van der Waals surface area (Å²) in [4.78, 5) is 18.6. The summed E-state index contributed by atoms with van der Waals surface area (Å²) < 4.78 is 5.64. The smallest absolute Gasteiger partial charge is 0.272 e. The number of nitrogens with one attached hydrogen (secondary N) is 1. The van der Waals surface area contributed by atoms with E-state index in [2.05, 4.69) is 10.3 Å². The van der Waals surface area contributed by atoms with E-state index in [0.717, 1.165) is 12.4 Å². The van der Waals surface area contributed by atoms with Crippen LogP contribution in [0.15, 0.2) is 18.2 Å². The number of nitrogens with zero attached hydrogens (tertiary/aromatic N) is 2. The van der Waals surface area contributed by atoms with Gasteiger partial charge in [0.15, 0.2) is 0 Å². The van der Waals surface area contributed by atoms with E-state index < -0.39 is 0 Å². The summed E-state index contributed by atoms with van der Waals surface area (Å²) in [5, 5.41) is 3.12. The zero-order chi connectivity index (χ0) is 13.8. The highest BCUT2D eigenvalue weighted by atomic mass is 16.5. The number of hydrogen-bond donors (Lipinski definition) is 1. The summed E-state index contributed by atoms with van der Waals surface area (Å²) in [7, 11) is 0. The summed E-state index contributed by atoms with van der Waals surface area (Å²) in [5.74, 6) is 0.712. The zero-order valence-corrected chi connectivity index (χ0v) is 11.7. The molecule has 1 aliphatic heterocycles. The van der Waals surface area contributed by atoms with Gasteiger partial charge in [0.1, 0.15) is 11.5 Å². The summed E-state index contributed by atoms with van der Waals surface area (Å²) in [6.45, 7) is 8.00. The topological polar surface area (TPSA) is 54.5 Å². The molecule has 2 heterocycles. The normalized spacial score (nSPS) is 23.2. The maximum absolute atomic E-state index is 12.4. The fraction of sp³-hybridized carbons (Fsp3) is 0.571. The van der Waals surface area contributed by atoms with Crippen LogP contribution < -0.4 is 5.32 Å². The van der Waals surface area contributed by atoms with Crippen molar-refractivity contribution >= 4 is 11.7 Å². The lowest BCUT2D eigenvalue weighted by atomic mass is 10.2. The second kappa shape index (κ2) is 6.02. The Hall–Kier alpha value is -1.62. The fourth-order valence-electron chi connectivity index (χ4n) is 2.34. The van der Waals surface area contributed by atoms with Crippen molar-refractivity contribution in [2.75, 3.05) is 25.0 Å². The number of morpholine rings is 1. The molecule has 2 rings (SSSR count). The molecule has 104 valence electrons. The maximum atomic E-state index is 12.4. The third-order valence-electron chi connectivity index (χ3n) is 3.03. The van der Waals surface area contributed by atoms with Gasteiger partial charge in [-0.15, -0.1) is 0 Å². The molecular weight excluding hydrogens is 242 g/mol. The number of amides is 1. The van der Waals surface area contributed by atoms with Gasteiger partial charge in [-0.25, -0.2) is 4.98 Å². The molecule has 2 unspecified atom stereocenters. The quantitative estimate of drug-likeness (QED) is 0.903. The van der Waals surface area contributed by atoms with Crippen molar-refractivity contribution in [3.8, 4) is 0 Å². The minimum atomic E-state index is -0.0262. The lowest BCUT2D eigenvalue weighted by Gasteiger charge is -2.35. The Balaban J connectivity index is 2.12. The molecule has 1 amide bonds. The van der Waals surface area contributed by atoms with Crippen molar-refractivity contribution in [2.24, 2.45) is 0 Å². The Bertz CT molecular complexity index is 440. The molecule has 1 aromatic rings. The highest BCUT2D eigenvalue weighted by Crippen LogP contribution is 2.14. The molecule has 0 bridgehead atoms. The van der Waals surface area contributed by atoms with Crippen LogP contribution in [0.4, 0.5) is 5.82 Å². The molecule has 1 aromatic heterocycles. The Morgan fingerprint density at radius 2 is 2.11 bits per heavy atom. The highest BCUT2D eigenvalue weighted by molar-refractivity contribution is 5.92. The van der Waals surface area contributed by atoms with Gasteiger partial charge in [-0.2, -0.15) is 0 Å². The molecule has 1 saturated heterocycles. The predicted molar refractivity (Wildman–Crippen MR) is 74.3 cm³/mol. The molecular formula is C14H21N3O2. The Morgan fingerprint density at radius 1 is 1.42 bits per heavy atom. The van der Waals surface area contributed by atoms with E-state index in [-0.39, 0.29) is 18.1 Å². The summed E-state index contributed by atoms with van der Waals surface area (Å²) in [6, 6.07) is 5.48. The van der Waals surface area contributed by atoms with E-state index in [1.165, 1.54) is 0 Å². The predicted octanol–water partition coefficient (Wildman–Crippen LogP) is 1.76. The van der Waals surface area contributed by atoms with Crippen molar-refractivity contribution in [1.82, 2.24) is 9.88 Å². The molecule has 2 atom stereocenters. The number of rotatable bonds is 3. The van der Waals surface area contributed by atoms with Crippen LogP contribution in [0.1, 0.15) is 31.3 Å². The fourth-order valence-corrected chi connectivity index (χ4v) is 2.34. The monoisotopic (exact) mass is 263 g/mol. The van der Waals surface area contributed by atoms with Gasteiger partial charge >= 0.3 is 0 Å². The van der Waals surface area contributed by atoms with Gasteiger partial charge in [0, 0.05) is 19.6 Å². The minimum absolute atomic E-state index is 0.0262. The van der Waals surface area contributed by atoms with E-state index in [0.29, 0.717) is 18.8 Å². The van der Waals surface area contributed by atoms with E-state index in [4.69, 9.17) is 4.74 Å². The first kappa shape index (κ1) is 13.8. The summed E-state index contributed by atoms with van der Waals surface area (Å²) in [5.41, 5.74) is 0.486. The van der Waals surface area contributed by atoms with Crippen LogP contribution in [0.3, 0.4) is 0 Å². The van der Waals surface area contributed by atoms with E-state index in [9.17, 15) is 4.79 Å². The van der Waals surface area contributed by atoms with Crippen LogP contribution in [0.25, 0.3) is 0 Å². The van der Waals surface area contributed by atoms with Gasteiger partial charge in [-0.3, -0.25) is 4.79 Å². The van der Waals surface area contributed by atoms with Crippen LogP contribution >= 0.6 is 0 Å². The van der Waals surface area contributed by atoms with Crippen LogP contribution in [-0.4, -0.2) is 47.6 Å². The van der Waals surface area contributed by atoms with Crippen LogP contribution in [-0.2, 0) is 4.74 Å². The van der Waals surface area contributed by atoms with Gasteiger partial charge in [0.05, 0.1) is 12.2 Å². The standard InChI is InChI=1S/C14H21N3O2/c1-4-15-13-7-5-6-12(16-13)14(18)17-8-10(2)19-11(3)9-17/h5-7,10-11H,4,8-9H2,1-3H3,(H,15,16). The molecule has 1 fully saturated rings. The largest absolute Gasteiger partial charge is 0.372 e. The lowest BCUT2D eigenvalue weighted by molar-refractivity contribution is -0.0587. The highest BCUT2D eigenvalue weighted by Gasteiger charge is 2.27. The summed E-state index contributed by atoms with van der Waals surface area (Å²) in [6.07, 6.45) is 0.147. The third kappa shape index (κ3) is 3.44. The summed E-state index contributed by atoms with van der Waals surface area (Å²) >= 11 is 0. The molecule has 19 heavy (non-hydrogen) atoms. The number of aromatic nitrogens is 1. The molecule has 1 aliphatic rings. The molecule has 0 aromatic carbocycles. The second-order valence-corrected chi connectivity index (χ2v) is 4.91. The molecule has 0 aliphatic carbocycles. The first-order chi connectivity index (χ1) is 9.10. The van der Waals surface area contributed by atoms with Crippen molar-refractivity contribution in [3.05, 3.63) is 23.9 Å². The van der Waals surface area contributed by atoms with Crippen LogP contribution in [0.2, 0.25) is 0 Å². The van der Waals surface area contributed by atoms with E-state index in [1.54, 1.807) is 6.07 Å². The number of carbonyl (C=O) groups excluding carboxylic acids is 1. The molecule has 5 nitrogen and oxygen atoms in total.